The largest absolute Gasteiger partial charge is 0.444 e. The first-order chi connectivity index (χ1) is 17.2. The lowest BCUT2D eigenvalue weighted by molar-refractivity contribution is -0.0834. The van der Waals surface area contributed by atoms with Crippen LogP contribution in [0.15, 0.2) is 59.5 Å². The summed E-state index contributed by atoms with van der Waals surface area (Å²) >= 11 is 0. The fourth-order valence-electron chi connectivity index (χ4n) is 4.23. The van der Waals surface area contributed by atoms with Crippen LogP contribution in [0, 0.1) is 12.8 Å². The Hall–Kier alpha value is -2.46. The number of nitrogens with zero attached hydrogens (tertiary/aromatic N) is 1. The van der Waals surface area contributed by atoms with Crippen molar-refractivity contribution in [3.8, 4) is 0 Å². The van der Waals surface area contributed by atoms with Gasteiger partial charge in [-0.15, -0.1) is 0 Å². The van der Waals surface area contributed by atoms with E-state index in [9.17, 15) is 13.2 Å². The molecule has 3 rings (SSSR count). The number of carbonyl (C=O) groups is 1. The molecule has 0 radical (unpaired) electrons. The van der Waals surface area contributed by atoms with Crippen molar-refractivity contribution in [2.45, 2.75) is 83.4 Å². The molecule has 204 valence electrons. The van der Waals surface area contributed by atoms with Crippen molar-refractivity contribution in [3.63, 3.8) is 0 Å². The zero-order chi connectivity index (χ0) is 27.4. The number of amides is 1. The van der Waals surface area contributed by atoms with Crippen LogP contribution in [0.1, 0.15) is 52.7 Å². The van der Waals surface area contributed by atoms with E-state index in [4.69, 9.17) is 18.4 Å². The maximum absolute atomic E-state index is 13.3. The van der Waals surface area contributed by atoms with Crippen LogP contribution in [-0.4, -0.2) is 56.1 Å². The summed E-state index contributed by atoms with van der Waals surface area (Å²) in [6.45, 7) is 13.1. The molecule has 0 bridgehead atoms. The molecular formula is C28H39NO7S. The maximum Gasteiger partial charge on any atom is 0.412 e. The summed E-state index contributed by atoms with van der Waals surface area (Å²) in [5, 5.41) is 0. The Kier molecular flexibility index (Phi) is 9.06. The second kappa shape index (κ2) is 11.5. The van der Waals surface area contributed by atoms with E-state index in [-0.39, 0.29) is 24.7 Å². The van der Waals surface area contributed by atoms with Gasteiger partial charge in [-0.05, 0) is 59.2 Å². The molecule has 1 heterocycles. The van der Waals surface area contributed by atoms with Gasteiger partial charge in [0.15, 0.2) is 0 Å². The first-order valence-corrected chi connectivity index (χ1v) is 13.9. The molecule has 1 saturated heterocycles. The minimum atomic E-state index is -3.97. The highest BCUT2D eigenvalue weighted by molar-refractivity contribution is 7.86. The van der Waals surface area contributed by atoms with Gasteiger partial charge >= 0.3 is 6.09 Å². The highest BCUT2D eigenvalue weighted by atomic mass is 32.2. The van der Waals surface area contributed by atoms with Gasteiger partial charge in [-0.3, -0.25) is 9.08 Å². The molecule has 1 aliphatic heterocycles. The molecule has 37 heavy (non-hydrogen) atoms. The Morgan fingerprint density at radius 1 is 1.11 bits per heavy atom. The number of rotatable bonds is 9. The molecular weight excluding hydrogens is 494 g/mol. The van der Waals surface area contributed by atoms with Gasteiger partial charge in [0.1, 0.15) is 11.3 Å². The highest BCUT2D eigenvalue weighted by Crippen LogP contribution is 2.34. The topological polar surface area (TPSA) is 91.4 Å². The van der Waals surface area contributed by atoms with Crippen molar-refractivity contribution in [3.05, 3.63) is 65.7 Å². The Morgan fingerprint density at radius 3 is 2.32 bits per heavy atom. The fraction of sp³-hybridized carbons (Fsp3) is 0.536. The average Bonchev–Trinajstić information content (AvgIpc) is 3.12. The van der Waals surface area contributed by atoms with E-state index < -0.39 is 45.6 Å². The zero-order valence-electron chi connectivity index (χ0n) is 22.8. The molecule has 1 aliphatic rings. The predicted octanol–water partition coefficient (Wildman–Crippen LogP) is 5.29. The van der Waals surface area contributed by atoms with Crippen molar-refractivity contribution in [1.82, 2.24) is 4.90 Å². The predicted molar refractivity (Wildman–Crippen MR) is 140 cm³/mol. The van der Waals surface area contributed by atoms with Crippen molar-refractivity contribution in [2.75, 3.05) is 13.2 Å². The summed E-state index contributed by atoms with van der Waals surface area (Å²) in [6.07, 6.45) is -1.11. The van der Waals surface area contributed by atoms with E-state index in [1.807, 2.05) is 44.2 Å². The molecule has 9 heteroatoms. The van der Waals surface area contributed by atoms with Crippen LogP contribution in [0.5, 0.6) is 0 Å². The summed E-state index contributed by atoms with van der Waals surface area (Å²) in [7, 11) is -3.97. The lowest BCUT2D eigenvalue weighted by Gasteiger charge is -2.39. The second-order valence-corrected chi connectivity index (χ2v) is 12.6. The zero-order valence-corrected chi connectivity index (χ0v) is 23.6. The van der Waals surface area contributed by atoms with Crippen LogP contribution in [0.4, 0.5) is 4.79 Å². The number of hydrogen-bond donors (Lipinski definition) is 0. The Balaban J connectivity index is 1.84. The van der Waals surface area contributed by atoms with E-state index in [2.05, 4.69) is 0 Å². The van der Waals surface area contributed by atoms with Crippen molar-refractivity contribution in [2.24, 2.45) is 5.92 Å². The van der Waals surface area contributed by atoms with Gasteiger partial charge < -0.3 is 14.2 Å². The van der Waals surface area contributed by atoms with Gasteiger partial charge in [-0.2, -0.15) is 8.42 Å². The van der Waals surface area contributed by atoms with Crippen LogP contribution in [0.3, 0.4) is 0 Å². The third kappa shape index (κ3) is 7.77. The van der Waals surface area contributed by atoms with E-state index in [0.717, 1.165) is 11.1 Å². The maximum atomic E-state index is 13.3. The molecule has 0 N–H and O–H groups in total. The molecule has 0 aliphatic carbocycles. The molecule has 2 aromatic carbocycles. The Morgan fingerprint density at radius 2 is 1.73 bits per heavy atom. The molecule has 0 saturated carbocycles. The van der Waals surface area contributed by atoms with E-state index in [0.29, 0.717) is 0 Å². The fourth-order valence-corrected chi connectivity index (χ4v) is 5.23. The third-order valence-corrected chi connectivity index (χ3v) is 7.43. The quantitative estimate of drug-likeness (QED) is 0.404. The van der Waals surface area contributed by atoms with Gasteiger partial charge in [0, 0.05) is 5.92 Å². The summed E-state index contributed by atoms with van der Waals surface area (Å²) in [5.41, 5.74) is 0.274. The van der Waals surface area contributed by atoms with Gasteiger partial charge in [0.2, 0.25) is 0 Å². The minimum Gasteiger partial charge on any atom is -0.444 e. The molecule has 0 unspecified atom stereocenters. The van der Waals surface area contributed by atoms with Crippen LogP contribution in [0.2, 0.25) is 0 Å². The van der Waals surface area contributed by atoms with Crippen LogP contribution in [-0.2, 0) is 35.1 Å². The Labute approximate surface area is 221 Å². The molecule has 1 fully saturated rings. The Bertz CT molecular complexity index is 1140. The first-order valence-electron chi connectivity index (χ1n) is 12.5. The van der Waals surface area contributed by atoms with Crippen LogP contribution >= 0.6 is 0 Å². The van der Waals surface area contributed by atoms with Crippen molar-refractivity contribution >= 4 is 16.2 Å². The van der Waals surface area contributed by atoms with Crippen molar-refractivity contribution in [1.29, 1.82) is 0 Å². The lowest BCUT2D eigenvalue weighted by atomic mass is 9.97. The number of carbonyl (C=O) groups excluding carboxylic acids is 1. The van der Waals surface area contributed by atoms with Gasteiger partial charge in [-0.25, -0.2) is 4.79 Å². The lowest BCUT2D eigenvalue weighted by Crippen LogP contribution is -2.55. The molecule has 3 atom stereocenters. The molecule has 0 aromatic heterocycles. The first kappa shape index (κ1) is 29.1. The molecule has 1 amide bonds. The number of benzene rings is 2. The summed E-state index contributed by atoms with van der Waals surface area (Å²) in [4.78, 5) is 14.9. The van der Waals surface area contributed by atoms with Crippen LogP contribution < -0.4 is 0 Å². The standard InChI is InChI=1S/C28H39NO7S/c1-20-13-15-23(16-14-20)37(31,32)35-17-21(2)25(33-18-22-11-9-8-10-12-22)24-19-34-28(6,7)29(24)26(30)36-27(3,4)5/h8-16,21,24-25H,17-19H2,1-7H3/t21-,24+,25-/m1/s1. The second-order valence-electron chi connectivity index (χ2n) is 11.0. The summed E-state index contributed by atoms with van der Waals surface area (Å²) in [5.74, 6) is -0.406. The van der Waals surface area contributed by atoms with Crippen molar-refractivity contribution < 1.29 is 31.6 Å². The third-order valence-electron chi connectivity index (χ3n) is 6.13. The van der Waals surface area contributed by atoms with Gasteiger partial charge in [0.25, 0.3) is 10.1 Å². The van der Waals surface area contributed by atoms with E-state index in [1.165, 1.54) is 12.1 Å². The smallest absolute Gasteiger partial charge is 0.412 e. The van der Waals surface area contributed by atoms with Gasteiger partial charge in [0.05, 0.1) is 36.9 Å². The number of aryl methyl sites for hydroxylation is 1. The highest BCUT2D eigenvalue weighted by Gasteiger charge is 2.50. The monoisotopic (exact) mass is 533 g/mol. The minimum absolute atomic E-state index is 0.0905. The van der Waals surface area contributed by atoms with E-state index in [1.54, 1.807) is 51.7 Å². The van der Waals surface area contributed by atoms with Gasteiger partial charge in [-0.1, -0.05) is 55.0 Å². The molecule has 8 nitrogen and oxygen atoms in total. The summed E-state index contributed by atoms with van der Waals surface area (Å²) in [6, 6.07) is 15.6. The van der Waals surface area contributed by atoms with Crippen LogP contribution in [0.25, 0.3) is 0 Å². The van der Waals surface area contributed by atoms with E-state index >= 15 is 0 Å². The SMILES string of the molecule is Cc1ccc(S(=O)(=O)OC[C@@H](C)[C@@H](OCc2ccccc2)[C@@H]2COC(C)(C)N2C(=O)OC(C)(C)C)cc1. The number of hydrogen-bond acceptors (Lipinski definition) is 7. The molecule has 0 spiro atoms. The molecule has 2 aromatic rings. The summed E-state index contributed by atoms with van der Waals surface area (Å²) < 4.78 is 49.2. The average molecular weight is 534 g/mol. The normalized spacial score (nSPS) is 19.4. The number of ether oxygens (including phenoxy) is 3.